The summed E-state index contributed by atoms with van der Waals surface area (Å²) in [6.07, 6.45) is 1.80. The first-order valence-corrected chi connectivity index (χ1v) is 7.04. The van der Waals surface area contributed by atoms with E-state index in [4.69, 9.17) is 5.11 Å². The van der Waals surface area contributed by atoms with Gasteiger partial charge in [-0.3, -0.25) is 9.80 Å². The Balaban J connectivity index is 1.75. The van der Waals surface area contributed by atoms with Crippen LogP contribution in [0.15, 0.2) is 42.0 Å². The van der Waals surface area contributed by atoms with Crippen molar-refractivity contribution in [3.05, 3.63) is 47.5 Å². The van der Waals surface area contributed by atoms with Gasteiger partial charge >= 0.3 is 5.97 Å². The molecular weight excluding hydrogens is 252 g/mol. The Hall–Kier alpha value is -1.65. The maximum absolute atomic E-state index is 10.7. The number of aliphatic carboxylic acids is 1. The lowest BCUT2D eigenvalue weighted by atomic mass is 10.2. The predicted molar refractivity (Wildman–Crippen MR) is 79.6 cm³/mol. The van der Waals surface area contributed by atoms with E-state index in [2.05, 4.69) is 34.1 Å². The molecular formula is C16H22N2O2. The molecule has 0 bridgehead atoms. The molecule has 1 N–H and O–H groups in total. The van der Waals surface area contributed by atoms with Crippen molar-refractivity contribution in [2.45, 2.75) is 13.5 Å². The second-order valence-electron chi connectivity index (χ2n) is 5.25. The molecule has 4 nitrogen and oxygen atoms in total. The van der Waals surface area contributed by atoms with Crippen LogP contribution in [0.1, 0.15) is 12.5 Å². The lowest BCUT2D eigenvalue weighted by molar-refractivity contribution is -0.132. The second-order valence-corrected chi connectivity index (χ2v) is 5.25. The Morgan fingerprint density at radius 2 is 1.75 bits per heavy atom. The highest BCUT2D eigenvalue weighted by molar-refractivity contribution is 5.85. The molecule has 0 atom stereocenters. The summed E-state index contributed by atoms with van der Waals surface area (Å²) in [6, 6.07) is 10.5. The van der Waals surface area contributed by atoms with Gasteiger partial charge in [0.25, 0.3) is 0 Å². The fourth-order valence-electron chi connectivity index (χ4n) is 2.32. The highest BCUT2D eigenvalue weighted by Crippen LogP contribution is 2.08. The third-order valence-corrected chi connectivity index (χ3v) is 3.71. The van der Waals surface area contributed by atoms with Crippen LogP contribution < -0.4 is 0 Å². The SMILES string of the molecule is C/C(=C\CN1CCN(Cc2ccccc2)CC1)C(=O)O. The maximum atomic E-state index is 10.7. The number of benzene rings is 1. The van der Waals surface area contributed by atoms with Crippen LogP contribution in [0.3, 0.4) is 0 Å². The summed E-state index contributed by atoms with van der Waals surface area (Å²) >= 11 is 0. The molecule has 1 heterocycles. The van der Waals surface area contributed by atoms with Crippen LogP contribution in [0.25, 0.3) is 0 Å². The van der Waals surface area contributed by atoms with E-state index in [0.29, 0.717) is 5.57 Å². The lowest BCUT2D eigenvalue weighted by Gasteiger charge is -2.34. The number of carbonyl (C=O) groups is 1. The zero-order valence-corrected chi connectivity index (χ0v) is 12.0. The Bertz CT molecular complexity index is 463. The van der Waals surface area contributed by atoms with Gasteiger partial charge in [0, 0.05) is 44.8 Å². The predicted octanol–water partition coefficient (Wildman–Crippen LogP) is 1.84. The van der Waals surface area contributed by atoms with E-state index in [1.807, 2.05) is 6.07 Å². The van der Waals surface area contributed by atoms with E-state index >= 15 is 0 Å². The summed E-state index contributed by atoms with van der Waals surface area (Å²) in [6.45, 7) is 7.44. The van der Waals surface area contributed by atoms with E-state index in [1.165, 1.54) is 5.56 Å². The van der Waals surface area contributed by atoms with Crippen LogP contribution >= 0.6 is 0 Å². The summed E-state index contributed by atoms with van der Waals surface area (Å²) in [5.74, 6) is -0.826. The van der Waals surface area contributed by atoms with Gasteiger partial charge in [-0.1, -0.05) is 36.4 Å². The topological polar surface area (TPSA) is 43.8 Å². The van der Waals surface area contributed by atoms with Gasteiger partial charge < -0.3 is 5.11 Å². The highest BCUT2D eigenvalue weighted by atomic mass is 16.4. The van der Waals surface area contributed by atoms with E-state index in [9.17, 15) is 4.79 Å². The van der Waals surface area contributed by atoms with Crippen molar-refractivity contribution in [1.82, 2.24) is 9.80 Å². The van der Waals surface area contributed by atoms with Crippen molar-refractivity contribution in [2.75, 3.05) is 32.7 Å². The van der Waals surface area contributed by atoms with Crippen molar-refractivity contribution in [2.24, 2.45) is 0 Å². The van der Waals surface area contributed by atoms with Crippen molar-refractivity contribution < 1.29 is 9.90 Å². The van der Waals surface area contributed by atoms with Crippen LogP contribution in [-0.4, -0.2) is 53.6 Å². The first-order chi connectivity index (χ1) is 9.65. The minimum Gasteiger partial charge on any atom is -0.478 e. The molecule has 1 aliphatic rings. The van der Waals surface area contributed by atoms with Gasteiger partial charge in [-0.25, -0.2) is 4.79 Å². The molecule has 0 aromatic heterocycles. The third-order valence-electron chi connectivity index (χ3n) is 3.71. The summed E-state index contributed by atoms with van der Waals surface area (Å²) in [5.41, 5.74) is 1.78. The standard InChI is InChI=1S/C16H22N2O2/c1-14(16(19)20)7-8-17-9-11-18(12-10-17)13-15-5-3-2-4-6-15/h2-7H,8-13H2,1H3,(H,19,20)/b14-7+. The van der Waals surface area contributed by atoms with Gasteiger partial charge in [-0.05, 0) is 12.5 Å². The number of hydrogen-bond donors (Lipinski definition) is 1. The molecule has 0 saturated carbocycles. The van der Waals surface area contributed by atoms with Crippen LogP contribution in [0.2, 0.25) is 0 Å². The van der Waals surface area contributed by atoms with Gasteiger partial charge in [-0.2, -0.15) is 0 Å². The molecule has 4 heteroatoms. The molecule has 1 aromatic rings. The third kappa shape index (κ3) is 4.47. The van der Waals surface area contributed by atoms with Gasteiger partial charge in [-0.15, -0.1) is 0 Å². The lowest BCUT2D eigenvalue weighted by Crippen LogP contribution is -2.45. The normalized spacial score (nSPS) is 18.1. The number of carboxylic acids is 1. The molecule has 0 spiro atoms. The fourth-order valence-corrected chi connectivity index (χ4v) is 2.32. The van der Waals surface area contributed by atoms with Crippen LogP contribution in [0, 0.1) is 0 Å². The molecule has 1 fully saturated rings. The van der Waals surface area contributed by atoms with Crippen molar-refractivity contribution >= 4 is 5.97 Å². The summed E-state index contributed by atoms with van der Waals surface area (Å²) < 4.78 is 0. The summed E-state index contributed by atoms with van der Waals surface area (Å²) in [5, 5.41) is 8.82. The zero-order valence-electron chi connectivity index (χ0n) is 12.0. The van der Waals surface area contributed by atoms with Crippen LogP contribution in [0.4, 0.5) is 0 Å². The second kappa shape index (κ2) is 7.22. The minimum absolute atomic E-state index is 0.428. The van der Waals surface area contributed by atoms with E-state index in [-0.39, 0.29) is 0 Å². The summed E-state index contributed by atoms with van der Waals surface area (Å²) in [4.78, 5) is 15.5. The van der Waals surface area contributed by atoms with Crippen molar-refractivity contribution in [3.8, 4) is 0 Å². The largest absolute Gasteiger partial charge is 0.478 e. The quantitative estimate of drug-likeness (QED) is 0.832. The Labute approximate surface area is 120 Å². The van der Waals surface area contributed by atoms with Gasteiger partial charge in [0.05, 0.1) is 0 Å². The Kier molecular flexibility index (Phi) is 5.32. The number of carboxylic acid groups (broad SMARTS) is 1. The fraction of sp³-hybridized carbons (Fsp3) is 0.438. The van der Waals surface area contributed by atoms with Gasteiger partial charge in [0.1, 0.15) is 0 Å². The molecule has 0 amide bonds. The molecule has 1 aliphatic heterocycles. The monoisotopic (exact) mass is 274 g/mol. The molecule has 2 rings (SSSR count). The van der Waals surface area contributed by atoms with Crippen LogP contribution in [0.5, 0.6) is 0 Å². The molecule has 0 unspecified atom stereocenters. The molecule has 1 aromatic carbocycles. The maximum Gasteiger partial charge on any atom is 0.330 e. The van der Waals surface area contributed by atoms with Gasteiger partial charge in [0.15, 0.2) is 0 Å². The van der Waals surface area contributed by atoms with Crippen LogP contribution in [-0.2, 0) is 11.3 Å². The van der Waals surface area contributed by atoms with E-state index in [0.717, 1.165) is 39.3 Å². The molecule has 0 aliphatic carbocycles. The zero-order chi connectivity index (χ0) is 14.4. The van der Waals surface area contributed by atoms with E-state index in [1.54, 1.807) is 13.0 Å². The summed E-state index contributed by atoms with van der Waals surface area (Å²) in [7, 11) is 0. The molecule has 108 valence electrons. The van der Waals surface area contributed by atoms with Crippen molar-refractivity contribution in [3.63, 3.8) is 0 Å². The number of piperazine rings is 1. The molecule has 1 saturated heterocycles. The minimum atomic E-state index is -0.826. The average molecular weight is 274 g/mol. The van der Waals surface area contributed by atoms with E-state index < -0.39 is 5.97 Å². The van der Waals surface area contributed by atoms with Gasteiger partial charge in [0.2, 0.25) is 0 Å². The molecule has 0 radical (unpaired) electrons. The Morgan fingerprint density at radius 1 is 1.15 bits per heavy atom. The number of hydrogen-bond acceptors (Lipinski definition) is 3. The van der Waals surface area contributed by atoms with Crippen molar-refractivity contribution in [1.29, 1.82) is 0 Å². The average Bonchev–Trinajstić information content (AvgIpc) is 2.47. The Morgan fingerprint density at radius 3 is 2.35 bits per heavy atom. The first kappa shape index (κ1) is 14.8. The molecule has 20 heavy (non-hydrogen) atoms. The number of rotatable bonds is 5. The number of nitrogens with zero attached hydrogens (tertiary/aromatic N) is 2. The highest BCUT2D eigenvalue weighted by Gasteiger charge is 2.16. The smallest absolute Gasteiger partial charge is 0.330 e. The first-order valence-electron chi connectivity index (χ1n) is 7.04.